The molecule has 0 saturated carbocycles. The predicted octanol–water partition coefficient (Wildman–Crippen LogP) is 5.75. The van der Waals surface area contributed by atoms with Gasteiger partial charge in [-0.05, 0) is 48.9 Å². The maximum atomic E-state index is 15.4. The number of anilines is 2. The molecule has 3 rings (SSSR count). The zero-order valence-electron chi connectivity index (χ0n) is 23.1. The molecule has 0 aliphatic carbocycles. The van der Waals surface area contributed by atoms with Gasteiger partial charge in [-0.25, -0.2) is 19.8 Å². The van der Waals surface area contributed by atoms with Crippen LogP contribution >= 0.6 is 23.2 Å². The summed E-state index contributed by atoms with van der Waals surface area (Å²) in [6.07, 6.45) is -9.78. The number of hydrazine groups is 1. The van der Waals surface area contributed by atoms with Gasteiger partial charge in [-0.3, -0.25) is 19.2 Å². The van der Waals surface area contributed by atoms with Crippen molar-refractivity contribution in [3.63, 3.8) is 0 Å². The van der Waals surface area contributed by atoms with Gasteiger partial charge in [0.15, 0.2) is 0 Å². The highest BCUT2D eigenvalue weighted by Gasteiger charge is 2.41. The number of hydrogen-bond donors (Lipinski definition) is 3. The lowest BCUT2D eigenvalue weighted by Gasteiger charge is -2.25. The molecule has 2 aromatic carbocycles. The largest absolute Gasteiger partial charge is 0.493 e. The molecule has 1 heterocycles. The van der Waals surface area contributed by atoms with Crippen LogP contribution < -0.4 is 25.8 Å². The van der Waals surface area contributed by atoms with Crippen molar-refractivity contribution in [1.82, 2.24) is 15.7 Å². The van der Waals surface area contributed by atoms with Crippen molar-refractivity contribution in [3.05, 3.63) is 81.2 Å². The Balaban J connectivity index is 2.00. The summed E-state index contributed by atoms with van der Waals surface area (Å²) in [7, 11) is 1.18. The second-order valence-electron chi connectivity index (χ2n) is 8.96. The Labute approximate surface area is 264 Å². The van der Waals surface area contributed by atoms with E-state index in [-0.39, 0.29) is 39.6 Å². The molecule has 246 valence electrons. The molecule has 0 atom stereocenters. The highest BCUT2D eigenvalue weighted by atomic mass is 35.5. The maximum Gasteiger partial charge on any atom is 0.471 e. The van der Waals surface area contributed by atoms with Crippen LogP contribution in [0.25, 0.3) is 0 Å². The summed E-state index contributed by atoms with van der Waals surface area (Å²) in [6, 6.07) is 6.96. The molecular weight excluding hydrogens is 678 g/mol. The average molecular weight is 698 g/mol. The van der Waals surface area contributed by atoms with Gasteiger partial charge in [-0.2, -0.15) is 26.3 Å². The van der Waals surface area contributed by atoms with Crippen LogP contribution in [0.4, 0.5) is 42.2 Å². The lowest BCUT2D eigenvalue weighted by molar-refractivity contribution is -0.173. The molecule has 10 nitrogen and oxygen atoms in total. The number of aromatic nitrogens is 1. The molecule has 3 N–H and O–H groups in total. The minimum absolute atomic E-state index is 0.0318. The molecule has 3 amide bonds. The van der Waals surface area contributed by atoms with Crippen LogP contribution in [-0.2, 0) is 4.79 Å². The van der Waals surface area contributed by atoms with Gasteiger partial charge in [0.2, 0.25) is 0 Å². The fraction of sp³-hybridized carbons (Fsp3) is 0.222. The topological polar surface area (TPSA) is 130 Å². The number of carbonyl (C=O) groups is 4. The van der Waals surface area contributed by atoms with Crippen molar-refractivity contribution >= 4 is 58.2 Å². The normalized spacial score (nSPS) is 11.5. The number of halogens is 9. The molecule has 0 saturated heterocycles. The monoisotopic (exact) mass is 697 g/mol. The van der Waals surface area contributed by atoms with Crippen LogP contribution in [0.5, 0.6) is 5.75 Å². The number of rotatable bonds is 11. The van der Waals surface area contributed by atoms with Crippen LogP contribution in [0, 0.1) is 5.82 Å². The van der Waals surface area contributed by atoms with Crippen LogP contribution in [0.1, 0.15) is 37.5 Å². The Morgan fingerprint density at radius 3 is 2.20 bits per heavy atom. The molecule has 3 aromatic rings. The number of carbonyl (C=O) groups excluding carboxylic acids is 4. The number of nitrogens with zero attached hydrogens (tertiary/aromatic N) is 2. The molecule has 19 heteroatoms. The molecule has 0 bridgehead atoms. The number of pyridine rings is 1. The first kappa shape index (κ1) is 36.0. The third-order valence-corrected chi connectivity index (χ3v) is 6.21. The summed E-state index contributed by atoms with van der Waals surface area (Å²) in [5.74, 6) is -9.45. The van der Waals surface area contributed by atoms with Gasteiger partial charge in [0.1, 0.15) is 22.9 Å². The quantitative estimate of drug-likeness (QED) is 0.101. The van der Waals surface area contributed by atoms with Crippen LogP contribution in [-0.4, -0.2) is 61.0 Å². The molecule has 0 aliphatic rings. The van der Waals surface area contributed by atoms with Gasteiger partial charge in [0.25, 0.3) is 17.6 Å². The minimum atomic E-state index is -5.45. The third-order valence-electron chi connectivity index (χ3n) is 5.75. The number of benzene rings is 2. The summed E-state index contributed by atoms with van der Waals surface area (Å²) in [4.78, 5) is 53.6. The summed E-state index contributed by atoms with van der Waals surface area (Å²) in [6.45, 7) is -1.27. The van der Waals surface area contributed by atoms with Crippen molar-refractivity contribution in [2.75, 3.05) is 30.5 Å². The maximum absolute atomic E-state index is 15.4. The van der Waals surface area contributed by atoms with E-state index >= 15 is 4.39 Å². The Morgan fingerprint density at radius 1 is 0.935 bits per heavy atom. The van der Waals surface area contributed by atoms with Crippen molar-refractivity contribution in [3.8, 4) is 5.75 Å². The number of Topliss-reactive ketones (excluding diaryl/α,β-unsaturated/α-hetero) is 1. The van der Waals surface area contributed by atoms with Gasteiger partial charge in [-0.15, -0.1) is 0 Å². The number of alkyl halides is 6. The summed E-state index contributed by atoms with van der Waals surface area (Å²) >= 11 is 11.9. The summed E-state index contributed by atoms with van der Waals surface area (Å²) < 4.78 is 97.2. The van der Waals surface area contributed by atoms with Crippen molar-refractivity contribution in [2.24, 2.45) is 0 Å². The number of hydrogen-bond acceptors (Lipinski definition) is 7. The van der Waals surface area contributed by atoms with Crippen molar-refractivity contribution in [1.29, 1.82) is 0 Å². The fourth-order valence-corrected chi connectivity index (χ4v) is 4.00. The second-order valence-corrected chi connectivity index (χ2v) is 9.83. The third kappa shape index (κ3) is 9.04. The smallest absolute Gasteiger partial charge is 0.471 e. The predicted molar refractivity (Wildman–Crippen MR) is 150 cm³/mol. The van der Waals surface area contributed by atoms with Crippen LogP contribution in [0.2, 0.25) is 10.0 Å². The highest BCUT2D eigenvalue weighted by Crippen LogP contribution is 2.32. The van der Waals surface area contributed by atoms with Gasteiger partial charge < -0.3 is 15.4 Å². The highest BCUT2D eigenvalue weighted by molar-refractivity contribution is 6.31. The molecule has 0 unspecified atom stereocenters. The summed E-state index contributed by atoms with van der Waals surface area (Å²) in [5, 5.41) is 4.90. The zero-order chi connectivity index (χ0) is 34.4. The van der Waals surface area contributed by atoms with Gasteiger partial charge >= 0.3 is 18.3 Å². The molecule has 0 aliphatic heterocycles. The standard InChI is InChI=1S/C27H20Cl2F7N5O5/c1-37-41(18-5-3-14(28)11-16(18)23(43)40-20-6-4-15(29)12-39-20)24(44)21-17(30)9-13(22(42)26(31,32)33)10-19(21)46-8-2-7-38-25(45)27(34,35)36/h3-6,9-12,37H,2,7-8H2,1H3,(H,38,45)(H,39,40,43). The Hall–Kier alpha value is -4.48. The van der Waals surface area contributed by atoms with Crippen LogP contribution in [0.15, 0.2) is 48.7 Å². The minimum Gasteiger partial charge on any atom is -0.493 e. The molecule has 0 spiro atoms. The number of nitrogens with one attached hydrogen (secondary N) is 3. The van der Waals surface area contributed by atoms with Crippen molar-refractivity contribution in [2.45, 2.75) is 18.8 Å². The van der Waals surface area contributed by atoms with E-state index in [1.54, 1.807) is 0 Å². The van der Waals surface area contributed by atoms with Crippen LogP contribution in [0.3, 0.4) is 0 Å². The van der Waals surface area contributed by atoms with E-state index < -0.39 is 71.7 Å². The van der Waals surface area contributed by atoms with Crippen molar-refractivity contribution < 1.29 is 54.6 Å². The van der Waals surface area contributed by atoms with E-state index in [0.717, 1.165) is 6.07 Å². The molecule has 1 aromatic heterocycles. The van der Waals surface area contributed by atoms with E-state index in [1.807, 2.05) is 0 Å². The van der Waals surface area contributed by atoms with E-state index in [4.69, 9.17) is 27.9 Å². The van der Waals surface area contributed by atoms with Gasteiger partial charge in [0, 0.05) is 30.4 Å². The molecular formula is C27H20Cl2F7N5O5. The van der Waals surface area contributed by atoms with E-state index in [1.165, 1.54) is 42.8 Å². The number of ketones is 1. The van der Waals surface area contributed by atoms with Gasteiger partial charge in [0.05, 0.1) is 22.9 Å². The fourth-order valence-electron chi connectivity index (χ4n) is 3.72. The number of ether oxygens (including phenoxy) is 1. The average Bonchev–Trinajstić information content (AvgIpc) is 2.97. The lowest BCUT2D eigenvalue weighted by Crippen LogP contribution is -2.42. The first-order valence-electron chi connectivity index (χ1n) is 12.6. The first-order chi connectivity index (χ1) is 21.4. The Morgan fingerprint density at radius 2 is 1.61 bits per heavy atom. The Bertz CT molecular complexity index is 1640. The van der Waals surface area contributed by atoms with E-state index in [2.05, 4.69) is 15.7 Å². The summed E-state index contributed by atoms with van der Waals surface area (Å²) in [5.41, 5.74) is -0.346. The molecule has 0 fully saturated rings. The second kappa shape index (κ2) is 14.7. The van der Waals surface area contributed by atoms with Gasteiger partial charge in [-0.1, -0.05) is 23.2 Å². The SMILES string of the molecule is CNN(C(=O)c1c(F)cc(C(=O)C(F)(F)F)cc1OCCCNC(=O)C(F)(F)F)c1ccc(Cl)cc1C(=O)Nc1ccc(Cl)cn1. The molecule has 46 heavy (non-hydrogen) atoms. The Kier molecular flexibility index (Phi) is 11.5. The first-order valence-corrected chi connectivity index (χ1v) is 13.4. The van der Waals surface area contributed by atoms with E-state index in [9.17, 15) is 45.5 Å². The number of amides is 3. The zero-order valence-corrected chi connectivity index (χ0v) is 24.6. The van der Waals surface area contributed by atoms with E-state index in [0.29, 0.717) is 11.1 Å². The lowest BCUT2D eigenvalue weighted by atomic mass is 10.0. The molecule has 0 radical (unpaired) electrons.